The molecule has 1 aliphatic heterocycles. The Hall–Kier alpha value is -2.21. The van der Waals surface area contributed by atoms with Gasteiger partial charge in [-0.1, -0.05) is 6.92 Å². The maximum absolute atomic E-state index is 13.7. The summed E-state index contributed by atoms with van der Waals surface area (Å²) in [7, 11) is 1.64. The first kappa shape index (κ1) is 23.0. The van der Waals surface area contributed by atoms with Gasteiger partial charge in [0.1, 0.15) is 5.78 Å². The lowest BCUT2D eigenvalue weighted by molar-refractivity contribution is -0.121. The van der Waals surface area contributed by atoms with Crippen molar-refractivity contribution in [3.63, 3.8) is 0 Å². The van der Waals surface area contributed by atoms with Crippen LogP contribution in [0.2, 0.25) is 0 Å². The first-order valence-corrected chi connectivity index (χ1v) is 12.6. The quantitative estimate of drug-likeness (QED) is 0.596. The number of ketones is 1. The van der Waals surface area contributed by atoms with Crippen LogP contribution >= 0.6 is 11.3 Å². The van der Waals surface area contributed by atoms with Crippen molar-refractivity contribution >= 4 is 23.0 Å². The third kappa shape index (κ3) is 4.34. The highest BCUT2D eigenvalue weighted by molar-refractivity contribution is 7.12. The SMILES string of the molecule is COc1nc(C)cc(C)c1CN1CCCc2sc([C@H](C)C3CCC(=O)CC3)c(C)c2C1=O. The Kier molecular flexibility index (Phi) is 6.70. The first-order valence-electron chi connectivity index (χ1n) is 11.7. The van der Waals surface area contributed by atoms with Crippen LogP contribution < -0.4 is 4.74 Å². The fourth-order valence-electron chi connectivity index (χ4n) is 5.38. The number of carbonyl (C=O) groups excluding carboxylic acids is 2. The molecule has 0 spiro atoms. The molecule has 1 saturated carbocycles. The number of Topliss-reactive ketones (excluding diaryl/α,β-unsaturated/α-hetero) is 1. The average molecular weight is 455 g/mol. The van der Waals surface area contributed by atoms with Crippen LogP contribution in [0.15, 0.2) is 6.07 Å². The van der Waals surface area contributed by atoms with E-state index >= 15 is 0 Å². The Bertz CT molecular complexity index is 1030. The van der Waals surface area contributed by atoms with E-state index in [1.165, 1.54) is 9.75 Å². The number of nitrogens with zero attached hydrogens (tertiary/aromatic N) is 2. The lowest BCUT2D eigenvalue weighted by Crippen LogP contribution is -2.31. The van der Waals surface area contributed by atoms with Gasteiger partial charge in [0.05, 0.1) is 19.2 Å². The molecule has 0 bridgehead atoms. The van der Waals surface area contributed by atoms with Gasteiger partial charge in [0.15, 0.2) is 0 Å². The lowest BCUT2D eigenvalue weighted by atomic mass is 9.79. The minimum absolute atomic E-state index is 0.130. The number of ether oxygens (including phenoxy) is 1. The van der Waals surface area contributed by atoms with Crippen LogP contribution in [-0.4, -0.2) is 35.2 Å². The largest absolute Gasteiger partial charge is 0.481 e. The van der Waals surface area contributed by atoms with Crippen LogP contribution in [0.5, 0.6) is 5.88 Å². The summed E-state index contributed by atoms with van der Waals surface area (Å²) < 4.78 is 5.55. The number of rotatable bonds is 5. The van der Waals surface area contributed by atoms with Gasteiger partial charge in [0.25, 0.3) is 5.91 Å². The molecule has 32 heavy (non-hydrogen) atoms. The highest BCUT2D eigenvalue weighted by Crippen LogP contribution is 2.43. The van der Waals surface area contributed by atoms with Gasteiger partial charge in [0.2, 0.25) is 5.88 Å². The number of hydrogen-bond donors (Lipinski definition) is 0. The molecule has 1 fully saturated rings. The van der Waals surface area contributed by atoms with Gasteiger partial charge in [-0.2, -0.15) is 0 Å². The number of methoxy groups -OCH3 is 1. The van der Waals surface area contributed by atoms with E-state index < -0.39 is 0 Å². The minimum atomic E-state index is 0.130. The van der Waals surface area contributed by atoms with Gasteiger partial charge < -0.3 is 9.64 Å². The predicted octanol–water partition coefficient (Wildman–Crippen LogP) is 5.53. The molecule has 5 nitrogen and oxygen atoms in total. The van der Waals surface area contributed by atoms with E-state index in [0.29, 0.717) is 42.9 Å². The van der Waals surface area contributed by atoms with E-state index in [2.05, 4.69) is 31.8 Å². The molecule has 6 heteroatoms. The van der Waals surface area contributed by atoms with E-state index in [9.17, 15) is 9.59 Å². The summed E-state index contributed by atoms with van der Waals surface area (Å²) in [5, 5.41) is 0. The second-order valence-electron chi connectivity index (χ2n) is 9.45. The van der Waals surface area contributed by atoms with Crippen molar-refractivity contribution in [1.82, 2.24) is 9.88 Å². The molecule has 2 aromatic heterocycles. The topological polar surface area (TPSA) is 59.5 Å². The molecular formula is C26H34N2O3S. The molecule has 0 aromatic carbocycles. The van der Waals surface area contributed by atoms with Crippen LogP contribution in [0, 0.1) is 26.7 Å². The first-order chi connectivity index (χ1) is 15.3. The number of aromatic nitrogens is 1. The van der Waals surface area contributed by atoms with Crippen LogP contribution in [-0.2, 0) is 17.8 Å². The van der Waals surface area contributed by atoms with Crippen molar-refractivity contribution in [2.75, 3.05) is 13.7 Å². The molecule has 1 atom stereocenters. The van der Waals surface area contributed by atoms with Crippen molar-refractivity contribution in [3.8, 4) is 5.88 Å². The summed E-state index contributed by atoms with van der Waals surface area (Å²) in [6.45, 7) is 9.69. The maximum atomic E-state index is 13.7. The van der Waals surface area contributed by atoms with Gasteiger partial charge in [-0.25, -0.2) is 4.98 Å². The average Bonchev–Trinajstić information content (AvgIpc) is 3.00. The predicted molar refractivity (Wildman–Crippen MR) is 128 cm³/mol. The second-order valence-corrected chi connectivity index (χ2v) is 10.6. The summed E-state index contributed by atoms with van der Waals surface area (Å²) in [6.07, 6.45) is 5.27. The molecule has 0 radical (unpaired) electrons. The Morgan fingerprint density at radius 1 is 1.19 bits per heavy atom. The smallest absolute Gasteiger partial charge is 0.255 e. The highest BCUT2D eigenvalue weighted by atomic mass is 32.1. The third-order valence-electron chi connectivity index (χ3n) is 7.28. The van der Waals surface area contributed by atoms with Gasteiger partial charge in [-0.15, -0.1) is 11.3 Å². The zero-order valence-electron chi connectivity index (χ0n) is 19.9. The molecule has 2 aromatic rings. The van der Waals surface area contributed by atoms with E-state index in [0.717, 1.165) is 60.2 Å². The molecular weight excluding hydrogens is 420 g/mol. The summed E-state index contributed by atoms with van der Waals surface area (Å²) in [4.78, 5) is 34.5. The molecule has 4 rings (SSSR count). The molecule has 0 unspecified atom stereocenters. The van der Waals surface area contributed by atoms with Crippen LogP contribution in [0.1, 0.15) is 87.4 Å². The fraction of sp³-hybridized carbons (Fsp3) is 0.577. The standard InChI is InChI=1S/C26H34N2O3S/c1-15-13-16(2)27-25(31-5)21(15)14-28-12-6-7-22-23(26(28)30)18(4)24(32-22)17(3)19-8-10-20(29)11-9-19/h13,17,19H,6-12,14H2,1-5H3/t17-/m1/s1. The van der Waals surface area contributed by atoms with Crippen LogP contribution in [0.25, 0.3) is 0 Å². The Morgan fingerprint density at radius 3 is 2.59 bits per heavy atom. The Morgan fingerprint density at radius 2 is 1.91 bits per heavy atom. The van der Waals surface area contributed by atoms with E-state index in [1.807, 2.05) is 23.2 Å². The third-order valence-corrected chi connectivity index (χ3v) is 8.83. The van der Waals surface area contributed by atoms with E-state index in [4.69, 9.17) is 4.74 Å². The van der Waals surface area contributed by atoms with Gasteiger partial charge >= 0.3 is 0 Å². The zero-order chi connectivity index (χ0) is 23.0. The number of carbonyl (C=O) groups is 2. The van der Waals surface area contributed by atoms with Crippen LogP contribution in [0.3, 0.4) is 0 Å². The van der Waals surface area contributed by atoms with E-state index in [1.54, 1.807) is 7.11 Å². The molecule has 0 saturated heterocycles. The summed E-state index contributed by atoms with van der Waals surface area (Å²) in [5.74, 6) is 2.07. The highest BCUT2D eigenvalue weighted by Gasteiger charge is 2.33. The Balaban J connectivity index is 1.61. The van der Waals surface area contributed by atoms with E-state index in [-0.39, 0.29) is 5.91 Å². The molecule has 1 aliphatic carbocycles. The van der Waals surface area contributed by atoms with Crippen molar-refractivity contribution in [1.29, 1.82) is 0 Å². The normalized spacial score (nSPS) is 18.5. The lowest BCUT2D eigenvalue weighted by Gasteiger charge is -2.27. The van der Waals surface area contributed by atoms with Crippen molar-refractivity contribution in [3.05, 3.63) is 43.8 Å². The molecule has 0 N–H and O–H groups in total. The number of hydrogen-bond acceptors (Lipinski definition) is 5. The van der Waals surface area contributed by atoms with Crippen LogP contribution in [0.4, 0.5) is 0 Å². The van der Waals surface area contributed by atoms with Gasteiger partial charge in [0, 0.05) is 40.4 Å². The Labute approximate surface area is 195 Å². The number of amides is 1. The molecule has 3 heterocycles. The molecule has 2 aliphatic rings. The number of fused-ring (bicyclic) bond motifs is 1. The number of aryl methyl sites for hydroxylation is 3. The molecule has 1 amide bonds. The second kappa shape index (κ2) is 9.34. The van der Waals surface area contributed by atoms with Crippen molar-refractivity contribution in [2.45, 2.75) is 78.7 Å². The monoisotopic (exact) mass is 454 g/mol. The van der Waals surface area contributed by atoms with Gasteiger partial charge in [-0.05, 0) is 75.5 Å². The summed E-state index contributed by atoms with van der Waals surface area (Å²) in [5.41, 5.74) is 5.08. The minimum Gasteiger partial charge on any atom is -0.481 e. The van der Waals surface area contributed by atoms with Gasteiger partial charge in [-0.3, -0.25) is 9.59 Å². The maximum Gasteiger partial charge on any atom is 0.255 e. The van der Waals surface area contributed by atoms with Crippen molar-refractivity contribution in [2.24, 2.45) is 5.92 Å². The zero-order valence-corrected chi connectivity index (χ0v) is 20.7. The number of pyridine rings is 1. The summed E-state index contributed by atoms with van der Waals surface area (Å²) >= 11 is 1.83. The summed E-state index contributed by atoms with van der Waals surface area (Å²) in [6, 6.07) is 2.05. The fourth-order valence-corrected chi connectivity index (χ4v) is 6.87. The van der Waals surface area contributed by atoms with Crippen molar-refractivity contribution < 1.29 is 14.3 Å². The number of thiophene rings is 1. The molecule has 172 valence electrons.